The van der Waals surface area contributed by atoms with Crippen LogP contribution in [0.15, 0.2) is 11.6 Å². The summed E-state index contributed by atoms with van der Waals surface area (Å²) in [5.41, 5.74) is 5.50. The Hall–Kier alpha value is -1.20. The number of allylic oxidation sites excluding steroid dienone is 2. The first-order valence-corrected chi connectivity index (χ1v) is 13.9. The van der Waals surface area contributed by atoms with Crippen molar-refractivity contribution in [2.24, 2.45) is 56.0 Å². The number of rotatable bonds is 1. The van der Waals surface area contributed by atoms with E-state index in [0.29, 0.717) is 12.8 Å². The maximum atomic E-state index is 14.2. The molecule has 4 N–H and O–H groups in total. The van der Waals surface area contributed by atoms with Gasteiger partial charge in [0.1, 0.15) is 0 Å². The molecule has 8 atom stereocenters. The Bertz CT molecular complexity index is 1010. The third-order valence-corrected chi connectivity index (χ3v) is 13.4. The van der Waals surface area contributed by atoms with Gasteiger partial charge in [-0.15, -0.1) is 0 Å². The number of ketones is 1. The zero-order valence-electron chi connectivity index (χ0n) is 23.0. The van der Waals surface area contributed by atoms with Crippen molar-refractivity contribution in [2.75, 3.05) is 0 Å². The van der Waals surface area contributed by atoms with Crippen molar-refractivity contribution in [1.82, 2.24) is 0 Å². The molecule has 0 bridgehead atoms. The monoisotopic (exact) mass is 485 g/mol. The Morgan fingerprint density at radius 2 is 1.54 bits per heavy atom. The average Bonchev–Trinajstić information content (AvgIpc) is 2.74. The summed E-state index contributed by atoms with van der Waals surface area (Å²) in [6, 6.07) is 0. The Balaban J connectivity index is 1.62. The molecule has 4 saturated carbocycles. The van der Waals surface area contributed by atoms with Crippen LogP contribution >= 0.6 is 0 Å². The highest BCUT2D eigenvalue weighted by molar-refractivity contribution is 5.95. The number of primary amides is 1. The van der Waals surface area contributed by atoms with Gasteiger partial charge in [-0.1, -0.05) is 54.0 Å². The minimum atomic E-state index is -1.71. The summed E-state index contributed by atoms with van der Waals surface area (Å²) in [5.74, 6) is -1.56. The lowest BCUT2D eigenvalue weighted by molar-refractivity contribution is -0.308. The summed E-state index contributed by atoms with van der Waals surface area (Å²) in [6.07, 6.45) is 9.47. The third kappa shape index (κ3) is 2.94. The van der Waals surface area contributed by atoms with E-state index in [9.17, 15) is 19.8 Å². The van der Waals surface area contributed by atoms with Crippen molar-refractivity contribution in [1.29, 1.82) is 0 Å². The van der Waals surface area contributed by atoms with E-state index in [1.54, 1.807) is 0 Å². The second kappa shape index (κ2) is 7.01. The molecule has 0 radical (unpaired) electrons. The highest BCUT2D eigenvalue weighted by atomic mass is 16.5. The molecule has 4 fully saturated rings. The van der Waals surface area contributed by atoms with Crippen molar-refractivity contribution >= 4 is 11.7 Å². The molecule has 0 aromatic rings. The van der Waals surface area contributed by atoms with Crippen molar-refractivity contribution in [3.63, 3.8) is 0 Å². The first-order valence-electron chi connectivity index (χ1n) is 13.9. The molecular weight excluding hydrogens is 438 g/mol. The molecule has 0 saturated heterocycles. The summed E-state index contributed by atoms with van der Waals surface area (Å²) in [5, 5.41) is 21.8. The SMILES string of the molecule is CC1(C)C2CC[C@]3(C)[C@H](C(=O)C=C4[C@@H]5C[C@@](C)(C(N)=O)CC[C@]5(C)CC[C@]43C)[C@@]2(C)CCC1(O)O. The van der Waals surface area contributed by atoms with E-state index in [1.807, 2.05) is 26.8 Å². The van der Waals surface area contributed by atoms with Crippen LogP contribution in [0.4, 0.5) is 0 Å². The molecule has 0 aromatic carbocycles. The van der Waals surface area contributed by atoms with E-state index in [2.05, 4.69) is 27.7 Å². The number of hydrogen-bond donors (Lipinski definition) is 3. The number of aliphatic hydroxyl groups is 2. The van der Waals surface area contributed by atoms with Crippen LogP contribution in [-0.2, 0) is 9.59 Å². The Labute approximate surface area is 211 Å². The topological polar surface area (TPSA) is 101 Å². The van der Waals surface area contributed by atoms with E-state index in [4.69, 9.17) is 5.73 Å². The van der Waals surface area contributed by atoms with Gasteiger partial charge in [0, 0.05) is 23.2 Å². The average molecular weight is 486 g/mol. The Morgan fingerprint density at radius 3 is 2.17 bits per heavy atom. The molecule has 5 nitrogen and oxygen atoms in total. The lowest BCUT2D eigenvalue weighted by Gasteiger charge is -2.71. The predicted molar refractivity (Wildman–Crippen MR) is 136 cm³/mol. The maximum absolute atomic E-state index is 14.2. The number of amides is 1. The van der Waals surface area contributed by atoms with Gasteiger partial charge in [0.25, 0.3) is 0 Å². The summed E-state index contributed by atoms with van der Waals surface area (Å²) >= 11 is 0. The third-order valence-electron chi connectivity index (χ3n) is 13.4. The normalized spacial score (nSPS) is 52.3. The predicted octanol–water partition coefficient (Wildman–Crippen LogP) is 5.13. The van der Waals surface area contributed by atoms with Crippen LogP contribution in [0.5, 0.6) is 0 Å². The van der Waals surface area contributed by atoms with Crippen molar-refractivity contribution in [3.8, 4) is 0 Å². The van der Waals surface area contributed by atoms with Crippen molar-refractivity contribution < 1.29 is 19.8 Å². The van der Waals surface area contributed by atoms with E-state index >= 15 is 0 Å². The fraction of sp³-hybridized carbons (Fsp3) is 0.867. The largest absolute Gasteiger partial charge is 0.369 e. The van der Waals surface area contributed by atoms with Crippen LogP contribution in [0.25, 0.3) is 0 Å². The lowest BCUT2D eigenvalue weighted by Crippen LogP contribution is -2.68. The second-order valence-corrected chi connectivity index (χ2v) is 15.2. The smallest absolute Gasteiger partial charge is 0.223 e. The van der Waals surface area contributed by atoms with E-state index in [1.165, 1.54) is 5.57 Å². The molecule has 0 heterocycles. The van der Waals surface area contributed by atoms with Gasteiger partial charge < -0.3 is 15.9 Å². The summed E-state index contributed by atoms with van der Waals surface area (Å²) < 4.78 is 0. The van der Waals surface area contributed by atoms with Crippen LogP contribution in [-0.4, -0.2) is 27.7 Å². The standard InChI is InChI=1S/C30H47NO4/c1-24(2)21-8-9-29(7)22(27(21,5)13-15-30(24,34)35)20(32)16-18-19-17-26(4,23(31)33)11-10-25(19,3)12-14-28(18,29)6/h16,19,21-22,34-35H,8-15,17H2,1-7H3,(H2,31,33)/t19-,21?,22+,25+,26-,27-,28+,29+/m0/s1. The molecular formula is C30H47NO4. The molecule has 0 aromatic heterocycles. The Morgan fingerprint density at radius 1 is 0.914 bits per heavy atom. The van der Waals surface area contributed by atoms with Gasteiger partial charge in [-0.05, 0) is 90.9 Å². The molecule has 0 spiro atoms. The van der Waals surface area contributed by atoms with Gasteiger partial charge in [-0.3, -0.25) is 9.59 Å². The van der Waals surface area contributed by atoms with E-state index in [-0.39, 0.29) is 51.1 Å². The molecule has 35 heavy (non-hydrogen) atoms. The first-order chi connectivity index (χ1) is 15.9. The molecule has 1 amide bonds. The maximum Gasteiger partial charge on any atom is 0.223 e. The molecule has 5 rings (SSSR count). The summed E-state index contributed by atoms with van der Waals surface area (Å²) in [6.45, 7) is 15.3. The minimum Gasteiger partial charge on any atom is -0.369 e. The molecule has 1 unspecified atom stereocenters. The summed E-state index contributed by atoms with van der Waals surface area (Å²) in [4.78, 5) is 26.7. The summed E-state index contributed by atoms with van der Waals surface area (Å²) in [7, 11) is 0. The number of fused-ring (bicyclic) bond motifs is 7. The fourth-order valence-electron chi connectivity index (χ4n) is 10.3. The van der Waals surface area contributed by atoms with Crippen LogP contribution < -0.4 is 5.73 Å². The van der Waals surface area contributed by atoms with Gasteiger partial charge in [-0.2, -0.15) is 0 Å². The minimum absolute atomic E-state index is 0.0704. The molecule has 0 aliphatic heterocycles. The van der Waals surface area contributed by atoms with Gasteiger partial charge in [0.15, 0.2) is 11.6 Å². The highest BCUT2D eigenvalue weighted by Gasteiger charge is 2.71. The number of hydrogen-bond acceptors (Lipinski definition) is 4. The van der Waals surface area contributed by atoms with E-state index in [0.717, 1.165) is 44.9 Å². The first kappa shape index (κ1) is 25.4. The molecule has 5 aliphatic carbocycles. The zero-order valence-corrected chi connectivity index (χ0v) is 23.0. The zero-order chi connectivity index (χ0) is 26.0. The van der Waals surface area contributed by atoms with Gasteiger partial charge in [0.2, 0.25) is 5.91 Å². The van der Waals surface area contributed by atoms with Crippen LogP contribution in [0.3, 0.4) is 0 Å². The molecule has 196 valence electrons. The highest BCUT2D eigenvalue weighted by Crippen LogP contribution is 2.75. The van der Waals surface area contributed by atoms with Gasteiger partial charge in [-0.25, -0.2) is 0 Å². The fourth-order valence-corrected chi connectivity index (χ4v) is 10.3. The quantitative estimate of drug-likeness (QED) is 0.448. The number of carbonyl (C=O) groups is 2. The lowest BCUT2D eigenvalue weighted by atomic mass is 9.33. The van der Waals surface area contributed by atoms with E-state index < -0.39 is 16.6 Å². The van der Waals surface area contributed by atoms with Crippen LogP contribution in [0.2, 0.25) is 0 Å². The molecule has 5 aliphatic rings. The van der Waals surface area contributed by atoms with Gasteiger partial charge >= 0.3 is 0 Å². The van der Waals surface area contributed by atoms with Crippen LogP contribution in [0, 0.1) is 50.2 Å². The van der Waals surface area contributed by atoms with Crippen molar-refractivity contribution in [3.05, 3.63) is 11.6 Å². The number of carbonyl (C=O) groups excluding carboxylic acids is 2. The second-order valence-electron chi connectivity index (χ2n) is 15.2. The Kier molecular flexibility index (Phi) is 5.10. The van der Waals surface area contributed by atoms with Crippen LogP contribution in [0.1, 0.15) is 106 Å². The number of nitrogens with two attached hydrogens (primary N) is 1. The van der Waals surface area contributed by atoms with Crippen molar-refractivity contribution in [2.45, 2.75) is 112 Å². The van der Waals surface area contributed by atoms with Gasteiger partial charge in [0.05, 0.1) is 0 Å². The molecule has 5 heteroatoms.